The number of benzene rings is 2. The van der Waals surface area contributed by atoms with E-state index in [1.807, 2.05) is 32.0 Å². The molecule has 2 N–H and O–H groups in total. The number of anilines is 1. The molecule has 0 saturated heterocycles. The molecule has 0 bridgehead atoms. The molecule has 2 aromatic rings. The Kier molecular flexibility index (Phi) is 7.62. The zero-order chi connectivity index (χ0) is 22.3. The second-order valence-corrected chi connectivity index (χ2v) is 6.75. The highest BCUT2D eigenvalue weighted by atomic mass is 16.6. The van der Waals surface area contributed by atoms with Crippen LogP contribution in [0.2, 0.25) is 0 Å². The maximum atomic E-state index is 12.2. The molecule has 2 rings (SSSR count). The molecule has 9 heteroatoms. The molecule has 0 spiro atoms. The van der Waals surface area contributed by atoms with Crippen LogP contribution in [0.1, 0.15) is 34.8 Å². The first-order chi connectivity index (χ1) is 14.2. The minimum Gasteiger partial charge on any atom is -0.452 e. The summed E-state index contributed by atoms with van der Waals surface area (Å²) in [5.74, 6) is -1.56. The first-order valence-electron chi connectivity index (χ1n) is 9.27. The second kappa shape index (κ2) is 10.1. The van der Waals surface area contributed by atoms with Gasteiger partial charge in [-0.3, -0.25) is 24.5 Å². The van der Waals surface area contributed by atoms with Gasteiger partial charge >= 0.3 is 5.97 Å². The number of non-ortho nitro benzene ring substituents is 1. The lowest BCUT2D eigenvalue weighted by molar-refractivity contribution is -0.384. The van der Waals surface area contributed by atoms with Gasteiger partial charge in [0.1, 0.15) is 0 Å². The fraction of sp³-hybridized carbons (Fsp3) is 0.286. The Morgan fingerprint density at radius 1 is 1.10 bits per heavy atom. The lowest BCUT2D eigenvalue weighted by Gasteiger charge is -2.15. The average molecular weight is 413 g/mol. The number of amides is 2. The van der Waals surface area contributed by atoms with Crippen LogP contribution in [0.5, 0.6) is 0 Å². The van der Waals surface area contributed by atoms with Crippen molar-refractivity contribution in [1.82, 2.24) is 5.32 Å². The highest BCUT2D eigenvalue weighted by Gasteiger charge is 2.19. The van der Waals surface area contributed by atoms with E-state index in [0.29, 0.717) is 5.69 Å². The molecule has 0 fully saturated rings. The summed E-state index contributed by atoms with van der Waals surface area (Å²) in [5.41, 5.74) is 2.64. The molecule has 1 atom stereocenters. The zero-order valence-electron chi connectivity index (χ0n) is 16.9. The first kappa shape index (κ1) is 22.5. The summed E-state index contributed by atoms with van der Waals surface area (Å²) in [4.78, 5) is 46.3. The summed E-state index contributed by atoms with van der Waals surface area (Å²) in [6.45, 7) is 5.23. The second-order valence-electron chi connectivity index (χ2n) is 6.75. The Morgan fingerprint density at radius 2 is 1.77 bits per heavy atom. The van der Waals surface area contributed by atoms with Gasteiger partial charge in [-0.15, -0.1) is 0 Å². The van der Waals surface area contributed by atoms with Crippen LogP contribution in [0.25, 0.3) is 0 Å². The lowest BCUT2D eigenvalue weighted by Crippen LogP contribution is -2.32. The molecule has 0 aliphatic rings. The summed E-state index contributed by atoms with van der Waals surface area (Å²) in [5, 5.41) is 15.9. The minimum absolute atomic E-state index is 0.0000185. The molecule has 0 aromatic heterocycles. The number of carbonyl (C=O) groups excluding carboxylic acids is 3. The van der Waals surface area contributed by atoms with Gasteiger partial charge in [-0.25, -0.2) is 0 Å². The van der Waals surface area contributed by atoms with E-state index in [1.165, 1.54) is 31.2 Å². The molecule has 0 unspecified atom stereocenters. The van der Waals surface area contributed by atoms with Gasteiger partial charge in [-0.1, -0.05) is 12.1 Å². The normalized spacial score (nSPS) is 11.3. The number of nitrogens with one attached hydrogen (secondary N) is 2. The van der Waals surface area contributed by atoms with Crippen LogP contribution in [-0.2, 0) is 14.3 Å². The number of nitrogens with zero attached hydrogens (tertiary/aromatic N) is 1. The molecule has 0 heterocycles. The molecule has 158 valence electrons. The standard InChI is InChI=1S/C21H23N3O6/c1-13-4-5-14(2)18(12-13)23-20(26)15(3)30-19(25)10-11-22-21(27)16-6-8-17(9-7-16)24(28)29/h4-9,12,15H,10-11H2,1-3H3,(H,22,27)(H,23,26)/t15-/m1/s1. The number of aryl methyl sites for hydroxylation is 2. The van der Waals surface area contributed by atoms with E-state index in [0.717, 1.165) is 11.1 Å². The van der Waals surface area contributed by atoms with Gasteiger partial charge in [0.05, 0.1) is 11.3 Å². The quantitative estimate of drug-likeness (QED) is 0.389. The van der Waals surface area contributed by atoms with Gasteiger partial charge in [0.25, 0.3) is 17.5 Å². The van der Waals surface area contributed by atoms with Crippen LogP contribution in [-0.4, -0.2) is 35.4 Å². The molecule has 30 heavy (non-hydrogen) atoms. The maximum absolute atomic E-state index is 12.2. The Morgan fingerprint density at radius 3 is 2.40 bits per heavy atom. The van der Waals surface area contributed by atoms with E-state index in [2.05, 4.69) is 10.6 Å². The Balaban J connectivity index is 1.78. The molecule has 0 saturated carbocycles. The van der Waals surface area contributed by atoms with E-state index in [4.69, 9.17) is 4.74 Å². The number of nitro benzene ring substituents is 1. The fourth-order valence-electron chi connectivity index (χ4n) is 2.53. The van der Waals surface area contributed by atoms with Crippen LogP contribution in [0.4, 0.5) is 11.4 Å². The molecule has 9 nitrogen and oxygen atoms in total. The molecular formula is C21H23N3O6. The predicted octanol–water partition coefficient (Wildman–Crippen LogP) is 2.90. The molecule has 0 aliphatic heterocycles. The maximum Gasteiger partial charge on any atom is 0.308 e. The summed E-state index contributed by atoms with van der Waals surface area (Å²) < 4.78 is 5.11. The van der Waals surface area contributed by atoms with Gasteiger partial charge < -0.3 is 15.4 Å². The Hall–Kier alpha value is -3.75. The van der Waals surface area contributed by atoms with Crippen LogP contribution in [0.3, 0.4) is 0 Å². The molecule has 0 aliphatic carbocycles. The third-order valence-electron chi connectivity index (χ3n) is 4.28. The number of ether oxygens (including phenoxy) is 1. The molecular weight excluding hydrogens is 390 g/mol. The lowest BCUT2D eigenvalue weighted by atomic mass is 10.1. The minimum atomic E-state index is -0.997. The van der Waals surface area contributed by atoms with Gasteiger partial charge in [-0.2, -0.15) is 0 Å². The van der Waals surface area contributed by atoms with Crippen molar-refractivity contribution >= 4 is 29.2 Å². The topological polar surface area (TPSA) is 128 Å². The third-order valence-corrected chi connectivity index (χ3v) is 4.28. The SMILES string of the molecule is Cc1ccc(C)c(NC(=O)[C@@H](C)OC(=O)CCNC(=O)c2ccc([N+](=O)[O-])cc2)c1. The van der Waals surface area contributed by atoms with Crippen molar-refractivity contribution < 1.29 is 24.0 Å². The fourth-order valence-corrected chi connectivity index (χ4v) is 2.53. The highest BCUT2D eigenvalue weighted by Crippen LogP contribution is 2.17. The monoisotopic (exact) mass is 413 g/mol. The molecule has 2 amide bonds. The van der Waals surface area contributed by atoms with Crippen molar-refractivity contribution in [2.75, 3.05) is 11.9 Å². The summed E-state index contributed by atoms with van der Waals surface area (Å²) in [6.07, 6.45) is -1.12. The number of hydrogen-bond donors (Lipinski definition) is 2. The molecule has 0 radical (unpaired) electrons. The van der Waals surface area contributed by atoms with E-state index in [-0.39, 0.29) is 24.2 Å². The van der Waals surface area contributed by atoms with Crippen molar-refractivity contribution in [2.24, 2.45) is 0 Å². The van der Waals surface area contributed by atoms with Gasteiger partial charge in [0, 0.05) is 29.9 Å². The van der Waals surface area contributed by atoms with Crippen LogP contribution in [0, 0.1) is 24.0 Å². The molecule has 2 aromatic carbocycles. The van der Waals surface area contributed by atoms with Crippen LogP contribution >= 0.6 is 0 Å². The van der Waals surface area contributed by atoms with Crippen molar-refractivity contribution in [2.45, 2.75) is 33.3 Å². The number of carbonyl (C=O) groups is 3. The van der Waals surface area contributed by atoms with Crippen molar-refractivity contribution in [3.8, 4) is 0 Å². The number of rotatable bonds is 8. The van der Waals surface area contributed by atoms with Crippen molar-refractivity contribution in [1.29, 1.82) is 0 Å². The van der Waals surface area contributed by atoms with Crippen LogP contribution < -0.4 is 10.6 Å². The van der Waals surface area contributed by atoms with Gasteiger partial charge in [0.15, 0.2) is 6.10 Å². The number of nitro groups is 1. The smallest absolute Gasteiger partial charge is 0.308 e. The Labute approximate surface area is 173 Å². The number of esters is 1. The van der Waals surface area contributed by atoms with E-state index >= 15 is 0 Å². The van der Waals surface area contributed by atoms with Crippen molar-refractivity contribution in [3.05, 3.63) is 69.3 Å². The summed E-state index contributed by atoms with van der Waals surface area (Å²) >= 11 is 0. The zero-order valence-corrected chi connectivity index (χ0v) is 16.9. The van der Waals surface area contributed by atoms with Crippen LogP contribution in [0.15, 0.2) is 42.5 Å². The third kappa shape index (κ3) is 6.40. The highest BCUT2D eigenvalue weighted by molar-refractivity contribution is 5.96. The van der Waals surface area contributed by atoms with E-state index in [1.54, 1.807) is 0 Å². The van der Waals surface area contributed by atoms with Gasteiger partial charge in [-0.05, 0) is 50.1 Å². The average Bonchev–Trinajstić information content (AvgIpc) is 2.70. The van der Waals surface area contributed by atoms with E-state index in [9.17, 15) is 24.5 Å². The largest absolute Gasteiger partial charge is 0.452 e. The van der Waals surface area contributed by atoms with E-state index < -0.39 is 28.8 Å². The predicted molar refractivity (Wildman–Crippen MR) is 110 cm³/mol. The summed E-state index contributed by atoms with van der Waals surface area (Å²) in [7, 11) is 0. The number of hydrogen-bond acceptors (Lipinski definition) is 6. The van der Waals surface area contributed by atoms with Crippen molar-refractivity contribution in [3.63, 3.8) is 0 Å². The first-order valence-corrected chi connectivity index (χ1v) is 9.27. The Bertz CT molecular complexity index is 956. The van der Waals surface area contributed by atoms with Gasteiger partial charge in [0.2, 0.25) is 0 Å². The summed E-state index contributed by atoms with van der Waals surface area (Å²) in [6, 6.07) is 10.7.